The molecule has 0 aliphatic heterocycles. The molecule has 1 aromatic heterocycles. The summed E-state index contributed by atoms with van der Waals surface area (Å²) in [6, 6.07) is 12.8. The minimum Gasteiger partial charge on any atom is -0.493 e. The Hall–Kier alpha value is -2.58. The molecule has 1 amide bonds. The maximum Gasteiger partial charge on any atom is 0.264 e. The maximum atomic E-state index is 12.1. The lowest BCUT2D eigenvalue weighted by molar-refractivity contribution is -0.118. The fourth-order valence-corrected chi connectivity index (χ4v) is 3.29. The zero-order valence-electron chi connectivity index (χ0n) is 14.7. The molecule has 0 saturated heterocycles. The molecule has 0 saturated carbocycles. The van der Waals surface area contributed by atoms with Crippen molar-refractivity contribution >= 4 is 38.3 Å². The van der Waals surface area contributed by atoms with Crippen molar-refractivity contribution < 1.29 is 19.0 Å². The number of hydrogen-bond donors (Lipinski definition) is 1. The van der Waals surface area contributed by atoms with Crippen molar-refractivity contribution in [3.8, 4) is 28.5 Å². The number of methoxy groups -OCH3 is 2. The normalized spacial score (nSPS) is 10.3. The van der Waals surface area contributed by atoms with Crippen molar-refractivity contribution in [3.05, 3.63) is 52.3 Å². The van der Waals surface area contributed by atoms with Crippen LogP contribution in [0.4, 0.5) is 5.13 Å². The van der Waals surface area contributed by atoms with E-state index in [0.717, 1.165) is 15.7 Å². The topological polar surface area (TPSA) is 69.7 Å². The van der Waals surface area contributed by atoms with Gasteiger partial charge in [0.25, 0.3) is 5.91 Å². The summed E-state index contributed by atoms with van der Waals surface area (Å²) in [6.07, 6.45) is 0. The molecular weight excluding hydrogens is 432 g/mol. The SMILES string of the molecule is COc1ccc(-c2csc(NC(=O)COc3ccc(Br)cc3)n2)cc1OC. The first-order chi connectivity index (χ1) is 13.1. The molecule has 0 bridgehead atoms. The van der Waals surface area contributed by atoms with Crippen LogP contribution in [0.25, 0.3) is 11.3 Å². The summed E-state index contributed by atoms with van der Waals surface area (Å²) in [4.78, 5) is 16.5. The number of aromatic nitrogens is 1. The molecule has 2 aromatic carbocycles. The van der Waals surface area contributed by atoms with Crippen LogP contribution in [0.5, 0.6) is 17.2 Å². The summed E-state index contributed by atoms with van der Waals surface area (Å²) in [7, 11) is 3.17. The first kappa shape index (κ1) is 19.2. The van der Waals surface area contributed by atoms with Gasteiger partial charge in [0.1, 0.15) is 5.75 Å². The van der Waals surface area contributed by atoms with E-state index in [0.29, 0.717) is 22.4 Å². The molecule has 6 nitrogen and oxygen atoms in total. The molecule has 0 atom stereocenters. The van der Waals surface area contributed by atoms with Crippen LogP contribution in [0.3, 0.4) is 0 Å². The number of amides is 1. The fourth-order valence-electron chi connectivity index (χ4n) is 2.29. The van der Waals surface area contributed by atoms with Gasteiger partial charge in [0.15, 0.2) is 23.2 Å². The van der Waals surface area contributed by atoms with Crippen molar-refractivity contribution in [2.24, 2.45) is 0 Å². The standard InChI is InChI=1S/C19H17BrN2O4S/c1-24-16-8-3-12(9-17(16)25-2)15-11-27-19(21-15)22-18(23)10-26-14-6-4-13(20)5-7-14/h3-9,11H,10H2,1-2H3,(H,21,22,23). The largest absolute Gasteiger partial charge is 0.493 e. The fraction of sp³-hybridized carbons (Fsp3) is 0.158. The van der Waals surface area contributed by atoms with E-state index in [4.69, 9.17) is 14.2 Å². The van der Waals surface area contributed by atoms with Crippen LogP contribution in [0.1, 0.15) is 0 Å². The maximum absolute atomic E-state index is 12.1. The lowest BCUT2D eigenvalue weighted by Crippen LogP contribution is -2.20. The third-order valence-corrected chi connectivity index (χ3v) is 4.90. The van der Waals surface area contributed by atoms with E-state index >= 15 is 0 Å². The smallest absolute Gasteiger partial charge is 0.264 e. The molecule has 1 N–H and O–H groups in total. The number of benzene rings is 2. The van der Waals surface area contributed by atoms with E-state index in [1.54, 1.807) is 26.4 Å². The average molecular weight is 449 g/mol. The molecule has 0 unspecified atom stereocenters. The van der Waals surface area contributed by atoms with E-state index in [1.165, 1.54) is 11.3 Å². The van der Waals surface area contributed by atoms with Crippen LogP contribution in [-0.2, 0) is 4.79 Å². The molecule has 0 fully saturated rings. The molecule has 0 aliphatic rings. The van der Waals surface area contributed by atoms with E-state index in [9.17, 15) is 4.79 Å². The van der Waals surface area contributed by atoms with Crippen molar-refractivity contribution in [2.75, 3.05) is 26.1 Å². The molecule has 3 rings (SSSR count). The number of carbonyl (C=O) groups is 1. The lowest BCUT2D eigenvalue weighted by atomic mass is 10.1. The third kappa shape index (κ3) is 4.99. The Morgan fingerprint density at radius 2 is 1.85 bits per heavy atom. The van der Waals surface area contributed by atoms with Gasteiger partial charge in [-0.2, -0.15) is 0 Å². The molecule has 8 heteroatoms. The van der Waals surface area contributed by atoms with Gasteiger partial charge in [0.2, 0.25) is 0 Å². The Balaban J connectivity index is 1.62. The quantitative estimate of drug-likeness (QED) is 0.571. The minimum atomic E-state index is -0.272. The summed E-state index contributed by atoms with van der Waals surface area (Å²) in [5, 5.41) is 5.11. The number of thiazole rings is 1. The number of nitrogens with zero attached hydrogens (tertiary/aromatic N) is 1. The van der Waals surface area contributed by atoms with E-state index < -0.39 is 0 Å². The number of rotatable bonds is 7. The summed E-state index contributed by atoms with van der Waals surface area (Å²) in [5.74, 6) is 1.62. The molecule has 3 aromatic rings. The summed E-state index contributed by atoms with van der Waals surface area (Å²) < 4.78 is 17.0. The summed E-state index contributed by atoms with van der Waals surface area (Å²) in [6.45, 7) is -0.0904. The predicted molar refractivity (Wildman–Crippen MR) is 109 cm³/mol. The van der Waals surface area contributed by atoms with Crippen LogP contribution in [0.2, 0.25) is 0 Å². The molecule has 0 radical (unpaired) electrons. The molecule has 0 spiro atoms. The summed E-state index contributed by atoms with van der Waals surface area (Å²) in [5.41, 5.74) is 1.61. The minimum absolute atomic E-state index is 0.0904. The highest BCUT2D eigenvalue weighted by Gasteiger charge is 2.11. The van der Waals surface area contributed by atoms with E-state index in [2.05, 4.69) is 26.2 Å². The Morgan fingerprint density at radius 3 is 2.56 bits per heavy atom. The highest BCUT2D eigenvalue weighted by molar-refractivity contribution is 9.10. The van der Waals surface area contributed by atoms with Crippen molar-refractivity contribution in [1.29, 1.82) is 0 Å². The Bertz CT molecular complexity index is 928. The van der Waals surface area contributed by atoms with Gasteiger partial charge in [-0.05, 0) is 42.5 Å². The second kappa shape index (κ2) is 8.88. The summed E-state index contributed by atoms with van der Waals surface area (Å²) >= 11 is 4.69. The zero-order valence-corrected chi connectivity index (χ0v) is 17.1. The number of halogens is 1. The highest BCUT2D eigenvalue weighted by Crippen LogP contribution is 2.33. The van der Waals surface area contributed by atoms with Crippen LogP contribution in [0.15, 0.2) is 52.3 Å². The highest BCUT2D eigenvalue weighted by atomic mass is 79.9. The van der Waals surface area contributed by atoms with Crippen LogP contribution >= 0.6 is 27.3 Å². The number of hydrogen-bond acceptors (Lipinski definition) is 6. The predicted octanol–water partition coefficient (Wildman–Crippen LogP) is 4.61. The Kier molecular flexibility index (Phi) is 6.31. The van der Waals surface area contributed by atoms with E-state index in [-0.39, 0.29) is 12.5 Å². The second-order valence-corrected chi connectivity index (χ2v) is 7.17. The van der Waals surface area contributed by atoms with Gasteiger partial charge in [-0.3, -0.25) is 10.1 Å². The van der Waals surface area contributed by atoms with Gasteiger partial charge in [0, 0.05) is 15.4 Å². The van der Waals surface area contributed by atoms with Crippen molar-refractivity contribution in [3.63, 3.8) is 0 Å². The van der Waals surface area contributed by atoms with Gasteiger partial charge in [0.05, 0.1) is 19.9 Å². The second-order valence-electron chi connectivity index (χ2n) is 5.40. The van der Waals surface area contributed by atoms with Crippen LogP contribution in [0, 0.1) is 0 Å². The lowest BCUT2D eigenvalue weighted by Gasteiger charge is -2.08. The average Bonchev–Trinajstić information content (AvgIpc) is 3.15. The van der Waals surface area contributed by atoms with Gasteiger partial charge in [-0.1, -0.05) is 15.9 Å². The molecule has 27 heavy (non-hydrogen) atoms. The Morgan fingerprint density at radius 1 is 1.11 bits per heavy atom. The first-order valence-electron chi connectivity index (χ1n) is 7.95. The number of ether oxygens (including phenoxy) is 3. The number of carbonyl (C=O) groups excluding carboxylic acids is 1. The monoisotopic (exact) mass is 448 g/mol. The zero-order chi connectivity index (χ0) is 19.2. The van der Waals surface area contributed by atoms with Gasteiger partial charge < -0.3 is 14.2 Å². The molecule has 140 valence electrons. The molecular formula is C19H17BrN2O4S. The van der Waals surface area contributed by atoms with Gasteiger partial charge >= 0.3 is 0 Å². The third-order valence-electron chi connectivity index (χ3n) is 3.61. The van der Waals surface area contributed by atoms with Gasteiger partial charge in [-0.25, -0.2) is 4.98 Å². The van der Waals surface area contributed by atoms with Crippen LogP contribution in [-0.4, -0.2) is 31.7 Å². The van der Waals surface area contributed by atoms with Gasteiger partial charge in [-0.15, -0.1) is 11.3 Å². The van der Waals surface area contributed by atoms with Crippen LogP contribution < -0.4 is 19.5 Å². The Labute approximate surface area is 169 Å². The van der Waals surface area contributed by atoms with E-state index in [1.807, 2.05) is 35.7 Å². The first-order valence-corrected chi connectivity index (χ1v) is 9.62. The molecule has 1 heterocycles. The van der Waals surface area contributed by atoms with Crippen molar-refractivity contribution in [1.82, 2.24) is 4.98 Å². The number of anilines is 1. The van der Waals surface area contributed by atoms with Crippen molar-refractivity contribution in [2.45, 2.75) is 0 Å². The molecule has 0 aliphatic carbocycles. The number of nitrogens with one attached hydrogen (secondary N) is 1.